The second-order valence-corrected chi connectivity index (χ2v) is 7.07. The number of carboxylic acids is 1. The van der Waals surface area contributed by atoms with Crippen LogP contribution in [0.5, 0.6) is 0 Å². The lowest BCUT2D eigenvalue weighted by Gasteiger charge is -2.20. The van der Waals surface area contributed by atoms with Crippen molar-refractivity contribution in [1.29, 1.82) is 0 Å². The van der Waals surface area contributed by atoms with Crippen LogP contribution in [0.4, 0.5) is 5.82 Å². The Morgan fingerprint density at radius 1 is 1.37 bits per heavy atom. The number of nitrogens with zero attached hydrogens (tertiary/aromatic N) is 4. The van der Waals surface area contributed by atoms with Crippen LogP contribution < -0.4 is 4.90 Å². The van der Waals surface area contributed by atoms with Crippen LogP contribution in [-0.2, 0) is 9.53 Å². The predicted octanol–water partition coefficient (Wildman–Crippen LogP) is 3.41. The zero-order valence-electron chi connectivity index (χ0n) is 14.2. The molecule has 0 spiro atoms. The van der Waals surface area contributed by atoms with Crippen molar-refractivity contribution >= 4 is 45.9 Å². The number of aromatic nitrogens is 3. The number of ether oxygens (including phenoxy) is 1. The van der Waals surface area contributed by atoms with Gasteiger partial charge in [-0.25, -0.2) is 14.8 Å². The highest BCUT2D eigenvalue weighted by atomic mass is 35.5. The molecule has 0 bridgehead atoms. The summed E-state index contributed by atoms with van der Waals surface area (Å²) in [4.78, 5) is 21.6. The number of benzene rings is 1. The van der Waals surface area contributed by atoms with Crippen LogP contribution in [0.25, 0.3) is 16.6 Å². The Kier molecular flexibility index (Phi) is 4.90. The van der Waals surface area contributed by atoms with Crippen molar-refractivity contribution in [2.75, 3.05) is 24.6 Å². The third kappa shape index (κ3) is 3.58. The van der Waals surface area contributed by atoms with E-state index in [-0.39, 0.29) is 12.7 Å². The predicted molar refractivity (Wildman–Crippen MR) is 103 cm³/mol. The van der Waals surface area contributed by atoms with Crippen molar-refractivity contribution in [2.24, 2.45) is 0 Å². The maximum atomic E-state index is 10.7. The van der Waals surface area contributed by atoms with E-state index < -0.39 is 5.97 Å². The molecule has 4 rings (SSSR count). The van der Waals surface area contributed by atoms with E-state index in [9.17, 15) is 4.79 Å². The number of hydrogen-bond acceptors (Lipinski definition) is 5. The minimum absolute atomic E-state index is 0.148. The van der Waals surface area contributed by atoms with Crippen LogP contribution >= 0.6 is 23.2 Å². The standard InChI is InChI=1S/C18H16Cl2N4O3/c19-13-2-1-12-14(24-6-4-21-10-24)7-15(22-18(12)17(13)20)23-5-3-11(8-23)27-9-16(25)26/h1-2,4,6-7,10-11H,3,5,8-9H2,(H,25,26). The summed E-state index contributed by atoms with van der Waals surface area (Å²) >= 11 is 12.6. The number of halogens is 2. The second kappa shape index (κ2) is 7.34. The molecule has 2 aromatic heterocycles. The van der Waals surface area contributed by atoms with E-state index in [1.165, 1.54) is 0 Å². The van der Waals surface area contributed by atoms with Crippen molar-refractivity contribution in [2.45, 2.75) is 12.5 Å². The minimum atomic E-state index is -0.971. The van der Waals surface area contributed by atoms with Gasteiger partial charge in [0.15, 0.2) is 0 Å². The fourth-order valence-corrected chi connectivity index (χ4v) is 3.60. The van der Waals surface area contributed by atoms with Gasteiger partial charge in [-0.2, -0.15) is 0 Å². The topological polar surface area (TPSA) is 80.5 Å². The maximum Gasteiger partial charge on any atom is 0.329 e. The lowest BCUT2D eigenvalue weighted by Crippen LogP contribution is -2.25. The summed E-state index contributed by atoms with van der Waals surface area (Å²) in [5.74, 6) is -0.238. The molecule has 0 aliphatic carbocycles. The van der Waals surface area contributed by atoms with Crippen LogP contribution in [0.15, 0.2) is 36.9 Å². The Morgan fingerprint density at radius 2 is 2.22 bits per heavy atom. The smallest absolute Gasteiger partial charge is 0.329 e. The molecular weight excluding hydrogens is 391 g/mol. The Morgan fingerprint density at radius 3 is 2.96 bits per heavy atom. The molecule has 0 amide bonds. The molecule has 1 aliphatic rings. The minimum Gasteiger partial charge on any atom is -0.480 e. The highest BCUT2D eigenvalue weighted by Crippen LogP contribution is 2.35. The molecule has 1 aliphatic heterocycles. The third-order valence-corrected chi connectivity index (χ3v) is 5.33. The SMILES string of the molecule is O=C(O)COC1CCN(c2cc(-n3ccnc3)c3ccc(Cl)c(Cl)c3n2)C1. The van der Waals surface area contributed by atoms with Gasteiger partial charge < -0.3 is 19.3 Å². The number of carbonyl (C=O) groups is 1. The number of carboxylic acid groups (broad SMARTS) is 1. The van der Waals surface area contributed by atoms with Gasteiger partial charge in [-0.05, 0) is 18.6 Å². The van der Waals surface area contributed by atoms with Crippen molar-refractivity contribution < 1.29 is 14.6 Å². The molecule has 3 heterocycles. The molecule has 1 N–H and O–H groups in total. The van der Waals surface area contributed by atoms with Crippen LogP contribution in [0.1, 0.15) is 6.42 Å². The summed E-state index contributed by atoms with van der Waals surface area (Å²) < 4.78 is 7.31. The van der Waals surface area contributed by atoms with Crippen LogP contribution in [0, 0.1) is 0 Å². The van der Waals surface area contributed by atoms with Gasteiger partial charge in [0, 0.05) is 36.9 Å². The lowest BCUT2D eigenvalue weighted by molar-refractivity contribution is -0.143. The van der Waals surface area contributed by atoms with E-state index >= 15 is 0 Å². The molecule has 1 atom stereocenters. The van der Waals surface area contributed by atoms with Crippen molar-refractivity contribution in [3.63, 3.8) is 0 Å². The first-order valence-corrected chi connectivity index (χ1v) is 9.14. The number of imidazole rings is 1. The molecule has 1 fully saturated rings. The van der Waals surface area contributed by atoms with Gasteiger partial charge in [0.2, 0.25) is 0 Å². The largest absolute Gasteiger partial charge is 0.480 e. The normalized spacial score (nSPS) is 17.0. The monoisotopic (exact) mass is 406 g/mol. The Labute approximate surface area is 165 Å². The van der Waals surface area contributed by atoms with Gasteiger partial charge in [-0.15, -0.1) is 0 Å². The maximum absolute atomic E-state index is 10.7. The number of aliphatic carboxylic acids is 1. The molecular formula is C18H16Cl2N4O3. The van der Waals surface area contributed by atoms with Crippen LogP contribution in [0.3, 0.4) is 0 Å². The van der Waals surface area contributed by atoms with Gasteiger partial charge in [-0.1, -0.05) is 23.2 Å². The van der Waals surface area contributed by atoms with Gasteiger partial charge >= 0.3 is 5.97 Å². The highest BCUT2D eigenvalue weighted by Gasteiger charge is 2.26. The Balaban J connectivity index is 1.73. The number of hydrogen-bond donors (Lipinski definition) is 1. The number of rotatable bonds is 5. The summed E-state index contributed by atoms with van der Waals surface area (Å²) in [6, 6.07) is 5.60. The van der Waals surface area contributed by atoms with Crippen molar-refractivity contribution in [1.82, 2.24) is 14.5 Å². The molecule has 9 heteroatoms. The van der Waals surface area contributed by atoms with Crippen molar-refractivity contribution in [3.8, 4) is 5.69 Å². The highest BCUT2D eigenvalue weighted by molar-refractivity contribution is 6.45. The first-order valence-electron chi connectivity index (χ1n) is 8.38. The van der Waals surface area contributed by atoms with E-state index in [0.717, 1.165) is 23.3 Å². The second-order valence-electron chi connectivity index (χ2n) is 6.29. The summed E-state index contributed by atoms with van der Waals surface area (Å²) in [7, 11) is 0. The van der Waals surface area contributed by atoms with Crippen LogP contribution in [0.2, 0.25) is 10.0 Å². The molecule has 27 heavy (non-hydrogen) atoms. The fourth-order valence-electron chi connectivity index (χ4n) is 3.24. The van der Waals surface area contributed by atoms with E-state index in [0.29, 0.717) is 28.7 Å². The number of anilines is 1. The first-order chi connectivity index (χ1) is 13.0. The zero-order chi connectivity index (χ0) is 19.0. The molecule has 7 nitrogen and oxygen atoms in total. The zero-order valence-corrected chi connectivity index (χ0v) is 15.7. The van der Waals surface area contributed by atoms with E-state index in [1.54, 1.807) is 18.6 Å². The number of fused-ring (bicyclic) bond motifs is 1. The van der Waals surface area contributed by atoms with Gasteiger partial charge in [0.1, 0.15) is 12.4 Å². The van der Waals surface area contributed by atoms with Gasteiger partial charge in [0.25, 0.3) is 0 Å². The quantitative estimate of drug-likeness (QED) is 0.698. The molecule has 0 radical (unpaired) electrons. The lowest BCUT2D eigenvalue weighted by atomic mass is 10.1. The van der Waals surface area contributed by atoms with E-state index in [2.05, 4.69) is 9.88 Å². The molecule has 3 aromatic rings. The van der Waals surface area contributed by atoms with E-state index in [1.807, 2.05) is 22.9 Å². The van der Waals surface area contributed by atoms with E-state index in [4.69, 9.17) is 38.0 Å². The number of pyridine rings is 1. The average Bonchev–Trinajstić information content (AvgIpc) is 3.34. The van der Waals surface area contributed by atoms with Gasteiger partial charge in [-0.3, -0.25) is 0 Å². The summed E-state index contributed by atoms with van der Waals surface area (Å²) in [5.41, 5.74) is 1.50. The third-order valence-electron chi connectivity index (χ3n) is 4.53. The van der Waals surface area contributed by atoms with Crippen molar-refractivity contribution in [3.05, 3.63) is 47.0 Å². The molecule has 1 aromatic carbocycles. The molecule has 140 valence electrons. The Bertz CT molecular complexity index is 994. The van der Waals surface area contributed by atoms with Gasteiger partial charge in [0.05, 0.1) is 33.7 Å². The summed E-state index contributed by atoms with van der Waals surface area (Å²) in [5, 5.41) is 10.5. The van der Waals surface area contributed by atoms with Crippen LogP contribution in [-0.4, -0.2) is 51.4 Å². The summed E-state index contributed by atoms with van der Waals surface area (Å²) in [6.45, 7) is 0.975. The molecule has 0 saturated carbocycles. The summed E-state index contributed by atoms with van der Waals surface area (Å²) in [6.07, 6.45) is 5.85. The Hall–Kier alpha value is -2.35. The molecule has 1 unspecified atom stereocenters. The average molecular weight is 407 g/mol. The molecule has 1 saturated heterocycles. The fraction of sp³-hybridized carbons (Fsp3) is 0.278. The first kappa shape index (κ1) is 18.0.